The first kappa shape index (κ1) is 34.5. The van der Waals surface area contributed by atoms with Gasteiger partial charge in [0.05, 0.1) is 22.8 Å². The fourth-order valence-corrected chi connectivity index (χ4v) is 6.85. The highest BCUT2D eigenvalue weighted by Gasteiger charge is 2.25. The summed E-state index contributed by atoms with van der Waals surface area (Å²) in [7, 11) is 0. The molecule has 0 atom stereocenters. The molecule has 0 saturated carbocycles. The largest absolute Gasteiger partial charge is 0.227 e. The number of nitriles is 2. The van der Waals surface area contributed by atoms with Gasteiger partial charge in [-0.3, -0.25) is 0 Å². The van der Waals surface area contributed by atoms with Gasteiger partial charge in [0.1, 0.15) is 23.3 Å². The quantitative estimate of drug-likeness (QED) is 0.156. The van der Waals surface area contributed by atoms with Gasteiger partial charge >= 0.3 is 0 Å². The van der Waals surface area contributed by atoms with Gasteiger partial charge in [0.15, 0.2) is 11.6 Å². The Morgan fingerprint density at radius 2 is 0.600 bits per heavy atom. The van der Waals surface area contributed by atoms with Crippen molar-refractivity contribution in [2.45, 2.75) is 19.3 Å². The minimum absolute atomic E-state index is 0.344. The fourth-order valence-electron chi connectivity index (χ4n) is 6.85. The van der Waals surface area contributed by atoms with E-state index in [1.807, 2.05) is 121 Å². The summed E-state index contributed by atoms with van der Waals surface area (Å²) in [6.07, 6.45) is 0. The maximum Gasteiger partial charge on any atom is 0.160 e. The summed E-state index contributed by atoms with van der Waals surface area (Å²) in [5.74, 6) is 1.11. The number of nitrogens with zero attached hydrogens (tertiary/aromatic N) is 6. The summed E-state index contributed by atoms with van der Waals surface area (Å²) in [6.45, 7) is 4.41. The Balaban J connectivity index is 1.14. The van der Waals surface area contributed by atoms with Crippen LogP contribution in [0.15, 0.2) is 170 Å². The van der Waals surface area contributed by atoms with Crippen LogP contribution in [-0.2, 0) is 5.41 Å². The molecule has 8 aromatic rings. The average Bonchev–Trinajstić information content (AvgIpc) is 3.26. The maximum atomic E-state index is 10.3. The van der Waals surface area contributed by atoms with Gasteiger partial charge in [0, 0.05) is 38.8 Å². The molecule has 55 heavy (non-hydrogen) atoms. The van der Waals surface area contributed by atoms with Gasteiger partial charge in [-0.2, -0.15) is 10.5 Å². The van der Waals surface area contributed by atoms with Crippen molar-refractivity contribution in [3.8, 4) is 79.9 Å². The highest BCUT2D eigenvalue weighted by atomic mass is 14.9. The van der Waals surface area contributed by atoms with E-state index in [1.165, 1.54) is 0 Å². The van der Waals surface area contributed by atoms with E-state index < -0.39 is 0 Å². The molecular formula is C49H34N6. The zero-order valence-electron chi connectivity index (χ0n) is 30.3. The van der Waals surface area contributed by atoms with Gasteiger partial charge in [-0.25, -0.2) is 19.9 Å². The van der Waals surface area contributed by atoms with Crippen LogP contribution in [-0.4, -0.2) is 19.9 Å². The van der Waals surface area contributed by atoms with Crippen molar-refractivity contribution in [2.24, 2.45) is 0 Å². The van der Waals surface area contributed by atoms with Crippen LogP contribution in [0.1, 0.15) is 36.1 Å². The molecule has 0 radical (unpaired) electrons. The number of hydrogen-bond donors (Lipinski definition) is 0. The Labute approximate surface area is 320 Å². The normalized spacial score (nSPS) is 11.1. The minimum Gasteiger partial charge on any atom is -0.227 e. The molecular weight excluding hydrogens is 673 g/mol. The highest BCUT2D eigenvalue weighted by molar-refractivity contribution is 5.81. The van der Waals surface area contributed by atoms with Crippen LogP contribution in [0.25, 0.3) is 67.8 Å². The molecule has 2 heterocycles. The molecule has 0 bridgehead atoms. The van der Waals surface area contributed by atoms with E-state index in [2.05, 4.69) is 74.5 Å². The first-order chi connectivity index (χ1) is 26.9. The lowest BCUT2D eigenvalue weighted by atomic mass is 9.77. The molecule has 0 saturated heterocycles. The molecule has 260 valence electrons. The first-order valence-electron chi connectivity index (χ1n) is 18.0. The summed E-state index contributed by atoms with van der Waals surface area (Å²) in [5, 5.41) is 20.6. The third-order valence-electron chi connectivity index (χ3n) is 9.96. The third-order valence-corrected chi connectivity index (χ3v) is 9.96. The van der Waals surface area contributed by atoms with Crippen molar-refractivity contribution in [2.75, 3.05) is 0 Å². The number of benzene rings is 6. The standard InChI is InChI=1S/C49H34N6/c1-49(2,39-27-23-37(24-28-39)47-52-43(33-15-7-3-8-16-33)41(31-50)44(53-47)34-17-9-4-10-18-34)40-29-25-38(26-30-40)48-54-45(35-19-11-5-12-20-35)42(32-51)46(55-48)36-21-13-6-14-22-36/h3-30H,1-2H3. The van der Waals surface area contributed by atoms with Crippen LogP contribution in [0.3, 0.4) is 0 Å². The van der Waals surface area contributed by atoms with Gasteiger partial charge in [0.2, 0.25) is 0 Å². The predicted octanol–water partition coefficient (Wildman–Crippen LogP) is 11.3. The van der Waals surface area contributed by atoms with Gasteiger partial charge in [-0.05, 0) is 11.1 Å². The molecule has 0 aliphatic rings. The molecule has 6 heteroatoms. The Bertz CT molecular complexity index is 2380. The Morgan fingerprint density at radius 3 is 0.836 bits per heavy atom. The van der Waals surface area contributed by atoms with Gasteiger partial charge in [-0.15, -0.1) is 0 Å². The van der Waals surface area contributed by atoms with E-state index in [1.54, 1.807) is 0 Å². The number of hydrogen-bond acceptors (Lipinski definition) is 6. The summed E-state index contributed by atoms with van der Waals surface area (Å²) in [5.41, 5.74) is 10.4. The molecule has 0 N–H and O–H groups in total. The number of rotatable bonds is 8. The summed E-state index contributed by atoms with van der Waals surface area (Å²) < 4.78 is 0. The molecule has 6 nitrogen and oxygen atoms in total. The van der Waals surface area contributed by atoms with Crippen LogP contribution in [0.4, 0.5) is 0 Å². The van der Waals surface area contributed by atoms with Crippen LogP contribution in [0.2, 0.25) is 0 Å². The zero-order valence-corrected chi connectivity index (χ0v) is 30.3. The Kier molecular flexibility index (Phi) is 9.31. The third kappa shape index (κ3) is 6.77. The van der Waals surface area contributed by atoms with E-state index in [4.69, 9.17) is 19.9 Å². The molecule has 0 amide bonds. The van der Waals surface area contributed by atoms with E-state index in [0.29, 0.717) is 45.6 Å². The van der Waals surface area contributed by atoms with E-state index in [9.17, 15) is 10.5 Å². The zero-order chi connectivity index (χ0) is 37.8. The molecule has 0 spiro atoms. The van der Waals surface area contributed by atoms with E-state index in [0.717, 1.165) is 44.5 Å². The average molecular weight is 707 g/mol. The molecule has 0 unspecified atom stereocenters. The SMILES string of the molecule is CC(C)(c1ccc(-c2nc(-c3ccccc3)c(C#N)c(-c3ccccc3)n2)cc1)c1ccc(-c2nc(-c3ccccc3)c(C#N)c(-c3ccccc3)n2)cc1. The van der Waals surface area contributed by atoms with Crippen molar-refractivity contribution in [3.05, 3.63) is 192 Å². The lowest BCUT2D eigenvalue weighted by Gasteiger charge is -2.26. The van der Waals surface area contributed by atoms with Crippen LogP contribution >= 0.6 is 0 Å². The fraction of sp³-hybridized carbons (Fsp3) is 0.0612. The Hall–Kier alpha value is -7.54. The van der Waals surface area contributed by atoms with E-state index in [-0.39, 0.29) is 5.41 Å². The summed E-state index contributed by atoms with van der Waals surface area (Å²) in [4.78, 5) is 19.8. The van der Waals surface area contributed by atoms with Crippen LogP contribution < -0.4 is 0 Å². The van der Waals surface area contributed by atoms with Crippen molar-refractivity contribution >= 4 is 0 Å². The van der Waals surface area contributed by atoms with Crippen LogP contribution in [0.5, 0.6) is 0 Å². The lowest BCUT2D eigenvalue weighted by molar-refractivity contribution is 0.641. The Morgan fingerprint density at radius 1 is 0.345 bits per heavy atom. The highest BCUT2D eigenvalue weighted by Crippen LogP contribution is 2.37. The monoisotopic (exact) mass is 706 g/mol. The first-order valence-corrected chi connectivity index (χ1v) is 18.0. The summed E-state index contributed by atoms with van der Waals surface area (Å²) in [6, 6.07) is 60.6. The van der Waals surface area contributed by atoms with Crippen LogP contribution in [0, 0.1) is 22.7 Å². The molecule has 0 aliphatic heterocycles. The van der Waals surface area contributed by atoms with E-state index >= 15 is 0 Å². The van der Waals surface area contributed by atoms with Gasteiger partial charge in [-0.1, -0.05) is 184 Å². The molecule has 8 rings (SSSR count). The second kappa shape index (κ2) is 14.8. The van der Waals surface area contributed by atoms with Crippen molar-refractivity contribution in [1.82, 2.24) is 19.9 Å². The van der Waals surface area contributed by atoms with Crippen molar-refractivity contribution < 1.29 is 0 Å². The van der Waals surface area contributed by atoms with Gasteiger partial charge < -0.3 is 0 Å². The molecule has 0 aliphatic carbocycles. The second-order valence-corrected chi connectivity index (χ2v) is 13.7. The molecule has 0 fully saturated rings. The second-order valence-electron chi connectivity index (χ2n) is 13.7. The maximum absolute atomic E-state index is 10.3. The van der Waals surface area contributed by atoms with Crippen molar-refractivity contribution in [3.63, 3.8) is 0 Å². The summed E-state index contributed by atoms with van der Waals surface area (Å²) >= 11 is 0. The predicted molar refractivity (Wildman–Crippen MR) is 218 cm³/mol. The minimum atomic E-state index is -0.344. The van der Waals surface area contributed by atoms with Gasteiger partial charge in [0.25, 0.3) is 0 Å². The smallest absolute Gasteiger partial charge is 0.160 e. The topological polar surface area (TPSA) is 99.1 Å². The molecule has 2 aromatic heterocycles. The van der Waals surface area contributed by atoms with Crippen molar-refractivity contribution in [1.29, 1.82) is 10.5 Å². The number of aromatic nitrogens is 4. The lowest BCUT2D eigenvalue weighted by Crippen LogP contribution is -2.18. The molecule has 6 aromatic carbocycles.